The van der Waals surface area contributed by atoms with Gasteiger partial charge in [-0.3, -0.25) is 0 Å². The minimum absolute atomic E-state index is 0.00324. The number of hydrogen-bond acceptors (Lipinski definition) is 3. The van der Waals surface area contributed by atoms with Crippen LogP contribution in [-0.2, 0) is 4.79 Å². The Kier molecular flexibility index (Phi) is 5.23. The molecule has 0 saturated carbocycles. The van der Waals surface area contributed by atoms with Gasteiger partial charge >= 0.3 is 5.97 Å². The molecule has 0 saturated heterocycles. The van der Waals surface area contributed by atoms with E-state index in [-0.39, 0.29) is 6.04 Å². The van der Waals surface area contributed by atoms with Crippen molar-refractivity contribution in [3.05, 3.63) is 0 Å². The number of thioether (sulfide) groups is 1. The van der Waals surface area contributed by atoms with Crippen molar-refractivity contribution in [2.45, 2.75) is 24.9 Å². The van der Waals surface area contributed by atoms with E-state index in [0.29, 0.717) is 12.2 Å². The lowest BCUT2D eigenvalue weighted by atomic mass is 10.3. The van der Waals surface area contributed by atoms with Crippen LogP contribution in [0.4, 0.5) is 4.39 Å². The Morgan fingerprint density at radius 1 is 1.82 bits per heavy atom. The van der Waals surface area contributed by atoms with Crippen molar-refractivity contribution in [1.82, 2.24) is 0 Å². The van der Waals surface area contributed by atoms with Crippen LogP contribution >= 0.6 is 11.8 Å². The van der Waals surface area contributed by atoms with E-state index in [1.54, 1.807) is 6.92 Å². The summed E-state index contributed by atoms with van der Waals surface area (Å²) in [4.78, 5) is 9.95. The molecule has 2 atom stereocenters. The molecule has 66 valence electrons. The summed E-state index contributed by atoms with van der Waals surface area (Å²) in [5.74, 6) is -0.967. The van der Waals surface area contributed by atoms with Gasteiger partial charge in [-0.2, -0.15) is 0 Å². The van der Waals surface area contributed by atoms with Crippen molar-refractivity contribution < 1.29 is 14.3 Å². The molecule has 0 aromatic rings. The van der Waals surface area contributed by atoms with Crippen LogP contribution in [0.3, 0.4) is 0 Å². The Balaban J connectivity index is 3.31. The summed E-state index contributed by atoms with van der Waals surface area (Å²) in [6.45, 7) is 1.80. The van der Waals surface area contributed by atoms with E-state index < -0.39 is 11.5 Å². The second kappa shape index (κ2) is 5.37. The van der Waals surface area contributed by atoms with E-state index in [2.05, 4.69) is 0 Å². The Morgan fingerprint density at radius 3 is 2.73 bits per heavy atom. The van der Waals surface area contributed by atoms with Gasteiger partial charge in [-0.1, -0.05) is 0 Å². The lowest BCUT2D eigenvalue weighted by molar-refractivity contribution is -0.139. The highest BCUT2D eigenvalue weighted by Gasteiger charge is 2.15. The van der Waals surface area contributed by atoms with E-state index in [9.17, 15) is 9.18 Å². The number of halogens is 1. The fourth-order valence-corrected chi connectivity index (χ4v) is 1.29. The van der Waals surface area contributed by atoms with Gasteiger partial charge in [-0.15, -0.1) is 11.8 Å². The van der Waals surface area contributed by atoms with Crippen molar-refractivity contribution in [3.63, 3.8) is 0 Å². The molecule has 0 aliphatic heterocycles. The van der Waals surface area contributed by atoms with Crippen molar-refractivity contribution >= 4 is 17.7 Å². The molecular weight excluding hydrogens is 169 g/mol. The third kappa shape index (κ3) is 6.12. The molecule has 2 unspecified atom stereocenters. The summed E-state index contributed by atoms with van der Waals surface area (Å²) >= 11 is 0.767. The van der Waals surface area contributed by atoms with Crippen LogP contribution in [0.1, 0.15) is 13.3 Å². The maximum Gasteiger partial charge on any atom is 0.348 e. The fraction of sp³-hybridized carbons (Fsp3) is 0.833. The molecule has 0 aliphatic carbocycles. The molecule has 0 aromatic carbocycles. The number of hydrogen-bond donors (Lipinski definition) is 2. The van der Waals surface area contributed by atoms with Gasteiger partial charge in [0, 0.05) is 6.04 Å². The van der Waals surface area contributed by atoms with Gasteiger partial charge in [-0.25, -0.2) is 9.18 Å². The first-order chi connectivity index (χ1) is 5.04. The van der Waals surface area contributed by atoms with Gasteiger partial charge in [0.25, 0.3) is 0 Å². The minimum Gasteiger partial charge on any atom is -0.478 e. The Bertz CT molecular complexity index is 132. The zero-order chi connectivity index (χ0) is 8.85. The molecule has 0 aromatic heterocycles. The Hall–Kier alpha value is -0.290. The van der Waals surface area contributed by atoms with Crippen LogP contribution in [0.15, 0.2) is 0 Å². The molecule has 3 nitrogen and oxygen atoms in total. The third-order valence-electron chi connectivity index (χ3n) is 1.03. The molecule has 0 amide bonds. The standard InChI is InChI=1S/C6H12FNO2S/c1-4(8)2-3-11-5(7)6(9)10/h4-5H,2-3,8H2,1H3,(H,9,10). The van der Waals surface area contributed by atoms with Gasteiger partial charge < -0.3 is 10.8 Å². The van der Waals surface area contributed by atoms with E-state index in [1.807, 2.05) is 0 Å². The second-order valence-corrected chi connectivity index (χ2v) is 3.45. The second-order valence-electron chi connectivity index (χ2n) is 2.29. The largest absolute Gasteiger partial charge is 0.478 e. The number of carboxylic acid groups (broad SMARTS) is 1. The summed E-state index contributed by atoms with van der Waals surface area (Å²) in [5.41, 5.74) is 3.56. The maximum atomic E-state index is 12.3. The van der Waals surface area contributed by atoms with E-state index in [4.69, 9.17) is 10.8 Å². The first-order valence-corrected chi connectivity index (χ1v) is 4.33. The lowest BCUT2D eigenvalue weighted by Gasteiger charge is -2.04. The van der Waals surface area contributed by atoms with E-state index in [0.717, 1.165) is 11.8 Å². The molecule has 0 bridgehead atoms. The zero-order valence-electron chi connectivity index (χ0n) is 6.29. The quantitative estimate of drug-likeness (QED) is 0.659. The summed E-state index contributed by atoms with van der Waals surface area (Å²) in [6.07, 6.45) is 0.637. The van der Waals surface area contributed by atoms with Crippen molar-refractivity contribution in [1.29, 1.82) is 0 Å². The predicted molar refractivity (Wildman–Crippen MR) is 43.3 cm³/mol. The van der Waals surface area contributed by atoms with Crippen LogP contribution in [0.5, 0.6) is 0 Å². The van der Waals surface area contributed by atoms with Crippen molar-refractivity contribution in [2.24, 2.45) is 5.73 Å². The van der Waals surface area contributed by atoms with Gasteiger partial charge in [0.1, 0.15) is 0 Å². The predicted octanol–water partition coefficient (Wildman–Crippen LogP) is 0.837. The highest BCUT2D eigenvalue weighted by molar-refractivity contribution is 8.00. The normalized spacial score (nSPS) is 15.9. The number of carbonyl (C=O) groups is 1. The summed E-state index contributed by atoms with van der Waals surface area (Å²) in [7, 11) is 0. The molecule has 3 N–H and O–H groups in total. The summed E-state index contributed by atoms with van der Waals surface area (Å²) < 4.78 is 12.3. The number of alkyl halides is 1. The molecule has 0 radical (unpaired) electrons. The lowest BCUT2D eigenvalue weighted by Crippen LogP contribution is -2.17. The Morgan fingerprint density at radius 2 is 2.36 bits per heavy atom. The van der Waals surface area contributed by atoms with Crippen LogP contribution < -0.4 is 5.73 Å². The topological polar surface area (TPSA) is 63.3 Å². The smallest absolute Gasteiger partial charge is 0.348 e. The number of aliphatic carboxylic acids is 1. The molecule has 0 fully saturated rings. The highest BCUT2D eigenvalue weighted by atomic mass is 32.2. The first-order valence-electron chi connectivity index (χ1n) is 3.28. The molecule has 0 heterocycles. The fourth-order valence-electron chi connectivity index (χ4n) is 0.429. The van der Waals surface area contributed by atoms with Gasteiger partial charge in [-0.05, 0) is 19.1 Å². The highest BCUT2D eigenvalue weighted by Crippen LogP contribution is 2.13. The number of rotatable bonds is 5. The average Bonchev–Trinajstić information content (AvgIpc) is 1.86. The van der Waals surface area contributed by atoms with Crippen LogP contribution in [0.2, 0.25) is 0 Å². The molecular formula is C6H12FNO2S. The van der Waals surface area contributed by atoms with Crippen molar-refractivity contribution in [2.75, 3.05) is 5.75 Å². The van der Waals surface area contributed by atoms with Crippen LogP contribution in [0.25, 0.3) is 0 Å². The molecule has 0 spiro atoms. The summed E-state index contributed by atoms with van der Waals surface area (Å²) in [5, 5.41) is 8.12. The van der Waals surface area contributed by atoms with Crippen LogP contribution in [0, 0.1) is 0 Å². The third-order valence-corrected chi connectivity index (χ3v) is 2.00. The molecule has 5 heteroatoms. The van der Waals surface area contributed by atoms with Gasteiger partial charge in [0.05, 0.1) is 0 Å². The van der Waals surface area contributed by atoms with Crippen LogP contribution in [-0.4, -0.2) is 28.4 Å². The number of carboxylic acids is 1. The SMILES string of the molecule is CC(N)CCSC(F)C(=O)O. The van der Waals surface area contributed by atoms with Gasteiger partial charge in [0.15, 0.2) is 0 Å². The van der Waals surface area contributed by atoms with Gasteiger partial charge in [0.2, 0.25) is 5.50 Å². The zero-order valence-corrected chi connectivity index (χ0v) is 7.10. The molecule has 0 aliphatic rings. The first kappa shape index (κ1) is 10.7. The molecule has 11 heavy (non-hydrogen) atoms. The average molecular weight is 181 g/mol. The Labute approximate surface area is 69.1 Å². The van der Waals surface area contributed by atoms with E-state index in [1.165, 1.54) is 0 Å². The molecule has 0 rings (SSSR count). The summed E-state index contributed by atoms with van der Waals surface area (Å²) in [6, 6.07) is 0.00324. The number of nitrogens with two attached hydrogens (primary N) is 1. The maximum absolute atomic E-state index is 12.3. The minimum atomic E-state index is -1.81. The monoisotopic (exact) mass is 181 g/mol. The van der Waals surface area contributed by atoms with Crippen molar-refractivity contribution in [3.8, 4) is 0 Å². The van der Waals surface area contributed by atoms with E-state index >= 15 is 0 Å².